The molecule has 1 unspecified atom stereocenters. The van der Waals surface area contributed by atoms with Crippen molar-refractivity contribution in [2.75, 3.05) is 5.75 Å². The van der Waals surface area contributed by atoms with Gasteiger partial charge in [-0.15, -0.1) is 0 Å². The van der Waals surface area contributed by atoms with Crippen molar-refractivity contribution in [2.24, 2.45) is 11.7 Å². The quantitative estimate of drug-likeness (QED) is 0.500. The van der Waals surface area contributed by atoms with Crippen LogP contribution in [-0.2, 0) is 16.4 Å². The summed E-state index contributed by atoms with van der Waals surface area (Å²) in [4.78, 5) is 3.87. The summed E-state index contributed by atoms with van der Waals surface area (Å²) < 4.78 is 26.4. The van der Waals surface area contributed by atoms with Gasteiger partial charge in [0, 0.05) is 12.4 Å². The average molecular weight is 284 g/mol. The van der Waals surface area contributed by atoms with Crippen LogP contribution in [0.15, 0.2) is 24.5 Å². The smallest absolute Gasteiger partial charge is 0.212 e. The van der Waals surface area contributed by atoms with Crippen LogP contribution in [0, 0.1) is 11.3 Å². The molecule has 0 aliphatic rings. The summed E-state index contributed by atoms with van der Waals surface area (Å²) in [5.74, 6) is -0.260. The number of aromatic nitrogens is 1. The minimum Gasteiger partial charge on any atom is -0.386 e. The van der Waals surface area contributed by atoms with Crippen LogP contribution in [0.2, 0.25) is 0 Å². The number of nitrogens with one attached hydrogen (secondary N) is 2. The van der Waals surface area contributed by atoms with Gasteiger partial charge in [-0.3, -0.25) is 10.4 Å². The van der Waals surface area contributed by atoms with Crippen LogP contribution in [0.1, 0.15) is 19.4 Å². The molecular weight excluding hydrogens is 264 g/mol. The van der Waals surface area contributed by atoms with Gasteiger partial charge in [0.2, 0.25) is 10.0 Å². The predicted molar refractivity (Wildman–Crippen MR) is 75.4 cm³/mol. The summed E-state index contributed by atoms with van der Waals surface area (Å²) in [7, 11) is -3.46. The van der Waals surface area contributed by atoms with Crippen molar-refractivity contribution < 1.29 is 8.42 Å². The molecule has 0 fully saturated rings. The molecule has 0 spiro atoms. The molecule has 0 amide bonds. The van der Waals surface area contributed by atoms with E-state index in [1.54, 1.807) is 24.5 Å². The molecule has 1 heterocycles. The first-order valence-corrected chi connectivity index (χ1v) is 7.70. The van der Waals surface area contributed by atoms with Gasteiger partial charge >= 0.3 is 0 Å². The third-order valence-corrected chi connectivity index (χ3v) is 4.07. The Kier molecular flexibility index (Phi) is 5.44. The Morgan fingerprint density at radius 3 is 2.47 bits per heavy atom. The molecule has 0 aliphatic heterocycles. The number of hydrogen-bond acceptors (Lipinski definition) is 4. The van der Waals surface area contributed by atoms with Crippen LogP contribution in [0.5, 0.6) is 0 Å². The zero-order chi connectivity index (χ0) is 14.5. The number of pyridine rings is 1. The highest BCUT2D eigenvalue weighted by atomic mass is 32.2. The standard InChI is InChI=1S/C12H20N4O2S/c1-9(2)11(12(13)14)16-19(17,18)8-5-10-3-6-15-7-4-10/h3-4,6-7,9,11,16H,5,8H2,1-2H3,(H3,13,14). The van der Waals surface area contributed by atoms with Gasteiger partial charge < -0.3 is 5.73 Å². The van der Waals surface area contributed by atoms with Crippen molar-refractivity contribution in [1.29, 1.82) is 5.41 Å². The fourth-order valence-corrected chi connectivity index (χ4v) is 3.02. The van der Waals surface area contributed by atoms with Gasteiger partial charge in [-0.05, 0) is 30.0 Å². The fraction of sp³-hybridized carbons (Fsp3) is 0.500. The highest BCUT2D eigenvalue weighted by Gasteiger charge is 2.22. The lowest BCUT2D eigenvalue weighted by molar-refractivity contribution is 0.522. The van der Waals surface area contributed by atoms with E-state index in [0.717, 1.165) is 5.56 Å². The monoisotopic (exact) mass is 284 g/mol. The molecule has 1 atom stereocenters. The molecule has 1 aromatic heterocycles. The minimum absolute atomic E-state index is 0.0342. The second kappa shape index (κ2) is 6.63. The first kappa shape index (κ1) is 15.6. The Balaban J connectivity index is 2.64. The summed E-state index contributed by atoms with van der Waals surface area (Å²) in [6, 6.07) is 2.91. The number of rotatable bonds is 7. The molecule has 7 heteroatoms. The number of sulfonamides is 1. The van der Waals surface area contributed by atoms with E-state index in [1.807, 2.05) is 13.8 Å². The molecule has 106 valence electrons. The Labute approximate surface area is 114 Å². The van der Waals surface area contributed by atoms with E-state index in [0.29, 0.717) is 6.42 Å². The zero-order valence-electron chi connectivity index (χ0n) is 11.1. The molecule has 6 nitrogen and oxygen atoms in total. The van der Waals surface area contributed by atoms with Crippen LogP contribution in [-0.4, -0.2) is 31.0 Å². The highest BCUT2D eigenvalue weighted by Crippen LogP contribution is 2.05. The van der Waals surface area contributed by atoms with Gasteiger partial charge in [0.05, 0.1) is 11.8 Å². The van der Waals surface area contributed by atoms with E-state index in [9.17, 15) is 8.42 Å². The van der Waals surface area contributed by atoms with E-state index < -0.39 is 16.1 Å². The summed E-state index contributed by atoms with van der Waals surface area (Å²) in [5, 5.41) is 7.40. The Morgan fingerprint density at radius 1 is 1.42 bits per heavy atom. The molecular formula is C12H20N4O2S. The fourth-order valence-electron chi connectivity index (χ4n) is 1.61. The van der Waals surface area contributed by atoms with Crippen molar-refractivity contribution in [3.8, 4) is 0 Å². The summed E-state index contributed by atoms with van der Waals surface area (Å²) in [6.45, 7) is 3.63. The molecule has 0 aromatic carbocycles. The number of amidine groups is 1. The van der Waals surface area contributed by atoms with Crippen LogP contribution in [0.3, 0.4) is 0 Å². The van der Waals surface area contributed by atoms with Crippen molar-refractivity contribution in [1.82, 2.24) is 9.71 Å². The normalized spacial score (nSPS) is 13.4. The maximum atomic E-state index is 11.9. The maximum Gasteiger partial charge on any atom is 0.212 e. The molecule has 4 N–H and O–H groups in total. The van der Waals surface area contributed by atoms with Crippen molar-refractivity contribution in [2.45, 2.75) is 26.3 Å². The van der Waals surface area contributed by atoms with E-state index in [1.165, 1.54) is 0 Å². The Morgan fingerprint density at radius 2 is 2.00 bits per heavy atom. The molecule has 0 saturated carbocycles. The van der Waals surface area contributed by atoms with Crippen LogP contribution < -0.4 is 10.5 Å². The summed E-state index contributed by atoms with van der Waals surface area (Å²) in [6.07, 6.45) is 3.66. The third-order valence-electron chi connectivity index (χ3n) is 2.72. The average Bonchev–Trinajstić information content (AvgIpc) is 2.34. The Hall–Kier alpha value is -1.47. The van der Waals surface area contributed by atoms with E-state index in [2.05, 4.69) is 9.71 Å². The lowest BCUT2D eigenvalue weighted by Gasteiger charge is -2.20. The largest absolute Gasteiger partial charge is 0.386 e. The second-order valence-electron chi connectivity index (χ2n) is 4.72. The minimum atomic E-state index is -3.46. The van der Waals surface area contributed by atoms with Gasteiger partial charge in [-0.2, -0.15) is 0 Å². The van der Waals surface area contributed by atoms with E-state index >= 15 is 0 Å². The van der Waals surface area contributed by atoms with Gasteiger partial charge in [0.15, 0.2) is 0 Å². The Bertz CT molecular complexity index is 514. The molecule has 0 bridgehead atoms. The first-order chi connectivity index (χ1) is 8.82. The number of nitrogens with two attached hydrogens (primary N) is 1. The van der Waals surface area contributed by atoms with Crippen molar-refractivity contribution in [3.05, 3.63) is 30.1 Å². The van der Waals surface area contributed by atoms with Gasteiger partial charge in [-0.1, -0.05) is 13.8 Å². The van der Waals surface area contributed by atoms with Crippen molar-refractivity contribution >= 4 is 15.9 Å². The predicted octanol–water partition coefficient (Wildman–Crippen LogP) is 0.504. The lowest BCUT2D eigenvalue weighted by Crippen LogP contribution is -2.48. The lowest BCUT2D eigenvalue weighted by atomic mass is 10.1. The van der Waals surface area contributed by atoms with Gasteiger partial charge in [0.1, 0.15) is 5.84 Å². The summed E-state index contributed by atoms with van der Waals surface area (Å²) in [5.41, 5.74) is 6.31. The molecule has 0 radical (unpaired) electrons. The zero-order valence-corrected chi connectivity index (χ0v) is 11.9. The van der Waals surface area contributed by atoms with Gasteiger partial charge in [-0.25, -0.2) is 13.1 Å². The summed E-state index contributed by atoms with van der Waals surface area (Å²) >= 11 is 0. The van der Waals surface area contributed by atoms with Crippen LogP contribution in [0.25, 0.3) is 0 Å². The number of hydrogen-bond donors (Lipinski definition) is 3. The van der Waals surface area contributed by atoms with E-state index in [4.69, 9.17) is 11.1 Å². The van der Waals surface area contributed by atoms with E-state index in [-0.39, 0.29) is 17.5 Å². The maximum absolute atomic E-state index is 11.9. The first-order valence-electron chi connectivity index (χ1n) is 6.04. The molecule has 0 aliphatic carbocycles. The number of aryl methyl sites for hydroxylation is 1. The SMILES string of the molecule is CC(C)C(NS(=O)(=O)CCc1ccncc1)C(=N)N. The molecule has 1 rings (SSSR count). The third kappa shape index (κ3) is 5.35. The molecule has 0 saturated heterocycles. The van der Waals surface area contributed by atoms with Crippen LogP contribution >= 0.6 is 0 Å². The molecule has 1 aromatic rings. The van der Waals surface area contributed by atoms with Crippen LogP contribution in [0.4, 0.5) is 0 Å². The molecule has 19 heavy (non-hydrogen) atoms. The number of nitrogens with zero attached hydrogens (tertiary/aromatic N) is 1. The second-order valence-corrected chi connectivity index (χ2v) is 6.59. The van der Waals surface area contributed by atoms with Crippen molar-refractivity contribution in [3.63, 3.8) is 0 Å². The van der Waals surface area contributed by atoms with Gasteiger partial charge in [0.25, 0.3) is 0 Å². The highest BCUT2D eigenvalue weighted by molar-refractivity contribution is 7.89. The topological polar surface area (TPSA) is 109 Å².